The number of hydrogen-bond acceptors (Lipinski definition) is 7. The van der Waals surface area contributed by atoms with E-state index in [-0.39, 0.29) is 24.2 Å². The number of carbonyl (C=O) groups excluding carboxylic acids is 2. The fourth-order valence-electron chi connectivity index (χ4n) is 4.06. The van der Waals surface area contributed by atoms with Gasteiger partial charge in [0.05, 0.1) is 13.0 Å². The molecule has 1 aromatic heterocycles. The van der Waals surface area contributed by atoms with E-state index in [0.717, 1.165) is 28.4 Å². The maximum atomic E-state index is 12.7. The molecule has 3 aromatic rings. The van der Waals surface area contributed by atoms with Crippen molar-refractivity contribution in [1.82, 2.24) is 15.3 Å². The lowest BCUT2D eigenvalue weighted by Crippen LogP contribution is -2.35. The Balaban J connectivity index is 1.26. The first-order chi connectivity index (χ1) is 17.3. The predicted octanol–water partition coefficient (Wildman–Crippen LogP) is 3.74. The third-order valence-electron chi connectivity index (χ3n) is 6.22. The monoisotopic (exact) mass is 488 g/mol. The lowest BCUT2D eigenvalue weighted by Gasteiger charge is -2.18. The molecule has 1 fully saturated rings. The van der Waals surface area contributed by atoms with Crippen molar-refractivity contribution in [1.29, 1.82) is 0 Å². The number of aryl methyl sites for hydroxylation is 3. The van der Waals surface area contributed by atoms with Gasteiger partial charge in [-0.15, -0.1) is 0 Å². The lowest BCUT2D eigenvalue weighted by atomic mass is 10.1. The molecule has 3 N–H and O–H groups in total. The summed E-state index contributed by atoms with van der Waals surface area (Å²) >= 11 is 0. The van der Waals surface area contributed by atoms with Crippen LogP contribution in [0.2, 0.25) is 0 Å². The van der Waals surface area contributed by atoms with Gasteiger partial charge in [-0.25, -0.2) is 4.98 Å². The van der Waals surface area contributed by atoms with Crippen molar-refractivity contribution in [3.8, 4) is 5.75 Å². The molecule has 1 saturated heterocycles. The molecule has 0 aliphatic carbocycles. The lowest BCUT2D eigenvalue weighted by molar-refractivity contribution is -0.126. The number of aromatic nitrogens is 2. The highest BCUT2D eigenvalue weighted by molar-refractivity contribution is 6.00. The summed E-state index contributed by atoms with van der Waals surface area (Å²) in [6.07, 6.45) is 0.216. The summed E-state index contributed by atoms with van der Waals surface area (Å²) in [7, 11) is 1.63. The SMILES string of the molecule is COc1ccc(Nc2cc(C)nc(NCCNC(=O)C3CC(=O)N(c4ccc(C)c(C)c4)C3)n2)cc1. The molecule has 9 nitrogen and oxygen atoms in total. The highest BCUT2D eigenvalue weighted by Gasteiger charge is 2.35. The third kappa shape index (κ3) is 6.10. The van der Waals surface area contributed by atoms with Crippen LogP contribution in [0, 0.1) is 26.7 Å². The van der Waals surface area contributed by atoms with E-state index >= 15 is 0 Å². The molecule has 1 aliphatic rings. The van der Waals surface area contributed by atoms with Gasteiger partial charge in [0.15, 0.2) is 0 Å². The van der Waals surface area contributed by atoms with Crippen LogP contribution in [0.15, 0.2) is 48.5 Å². The zero-order chi connectivity index (χ0) is 25.7. The quantitative estimate of drug-likeness (QED) is 0.394. The van der Waals surface area contributed by atoms with Crippen molar-refractivity contribution >= 4 is 35.0 Å². The minimum absolute atomic E-state index is 0.0263. The maximum absolute atomic E-state index is 12.7. The molecule has 36 heavy (non-hydrogen) atoms. The maximum Gasteiger partial charge on any atom is 0.227 e. The smallest absolute Gasteiger partial charge is 0.227 e. The molecule has 2 aromatic carbocycles. The van der Waals surface area contributed by atoms with Crippen LogP contribution in [0.4, 0.5) is 23.1 Å². The summed E-state index contributed by atoms with van der Waals surface area (Å²) in [6, 6.07) is 15.4. The Morgan fingerprint density at radius 2 is 1.81 bits per heavy atom. The average molecular weight is 489 g/mol. The zero-order valence-corrected chi connectivity index (χ0v) is 21.1. The Morgan fingerprint density at radius 3 is 2.53 bits per heavy atom. The van der Waals surface area contributed by atoms with Crippen LogP contribution in [-0.4, -0.2) is 48.5 Å². The minimum Gasteiger partial charge on any atom is -0.497 e. The van der Waals surface area contributed by atoms with Gasteiger partial charge in [-0.05, 0) is 68.3 Å². The molecule has 0 bridgehead atoms. The molecule has 9 heteroatoms. The number of carbonyl (C=O) groups is 2. The fourth-order valence-corrected chi connectivity index (χ4v) is 4.06. The van der Waals surface area contributed by atoms with Gasteiger partial charge in [-0.3, -0.25) is 9.59 Å². The Kier molecular flexibility index (Phi) is 7.68. The van der Waals surface area contributed by atoms with Crippen LogP contribution in [0.5, 0.6) is 5.75 Å². The van der Waals surface area contributed by atoms with E-state index in [1.807, 2.05) is 69.3 Å². The standard InChI is InChI=1S/C27H32N6O3/c1-17-5-8-22(13-18(17)2)33-16-20(15-25(33)34)26(35)28-11-12-29-27-30-19(3)14-24(32-27)31-21-6-9-23(36-4)10-7-21/h5-10,13-14,20H,11-12,15-16H2,1-4H3,(H,28,35)(H2,29,30,31,32). The number of hydrogen-bond donors (Lipinski definition) is 3. The molecular weight excluding hydrogens is 456 g/mol. The number of ether oxygens (including phenoxy) is 1. The molecule has 0 spiro atoms. The van der Waals surface area contributed by atoms with Crippen molar-refractivity contribution < 1.29 is 14.3 Å². The average Bonchev–Trinajstić information content (AvgIpc) is 3.25. The Bertz CT molecular complexity index is 1240. The van der Waals surface area contributed by atoms with E-state index < -0.39 is 0 Å². The van der Waals surface area contributed by atoms with Gasteiger partial charge in [0.1, 0.15) is 11.6 Å². The second kappa shape index (κ2) is 11.1. The first-order valence-corrected chi connectivity index (χ1v) is 12.0. The number of nitrogens with zero attached hydrogens (tertiary/aromatic N) is 3. The van der Waals surface area contributed by atoms with Crippen LogP contribution >= 0.6 is 0 Å². The van der Waals surface area contributed by atoms with Crippen LogP contribution in [0.3, 0.4) is 0 Å². The Morgan fingerprint density at radius 1 is 1.03 bits per heavy atom. The molecule has 1 atom stereocenters. The van der Waals surface area contributed by atoms with E-state index in [0.29, 0.717) is 31.4 Å². The molecule has 188 valence electrons. The number of anilines is 4. The van der Waals surface area contributed by atoms with Gasteiger partial charge in [0, 0.05) is 49.2 Å². The summed E-state index contributed by atoms with van der Waals surface area (Å²) in [5.41, 5.74) is 4.83. The first kappa shape index (κ1) is 25.0. The molecule has 0 saturated carbocycles. The van der Waals surface area contributed by atoms with Gasteiger partial charge in [0.2, 0.25) is 17.8 Å². The van der Waals surface area contributed by atoms with Gasteiger partial charge in [-0.2, -0.15) is 4.98 Å². The van der Waals surface area contributed by atoms with Crippen molar-refractivity contribution in [2.24, 2.45) is 5.92 Å². The van der Waals surface area contributed by atoms with E-state index in [9.17, 15) is 9.59 Å². The minimum atomic E-state index is -0.366. The number of amides is 2. The van der Waals surface area contributed by atoms with E-state index in [1.165, 1.54) is 5.56 Å². The van der Waals surface area contributed by atoms with Crippen LogP contribution in [0.1, 0.15) is 23.2 Å². The van der Waals surface area contributed by atoms with Gasteiger partial charge < -0.3 is 25.6 Å². The van der Waals surface area contributed by atoms with Crippen molar-refractivity contribution in [2.45, 2.75) is 27.2 Å². The van der Waals surface area contributed by atoms with Gasteiger partial charge in [0.25, 0.3) is 0 Å². The highest BCUT2D eigenvalue weighted by Crippen LogP contribution is 2.27. The molecule has 0 radical (unpaired) electrons. The first-order valence-electron chi connectivity index (χ1n) is 12.0. The van der Waals surface area contributed by atoms with Crippen LogP contribution < -0.4 is 25.6 Å². The van der Waals surface area contributed by atoms with E-state index in [2.05, 4.69) is 25.9 Å². The van der Waals surface area contributed by atoms with E-state index in [1.54, 1.807) is 12.0 Å². The zero-order valence-electron chi connectivity index (χ0n) is 21.1. The number of rotatable bonds is 9. The molecule has 4 rings (SSSR count). The number of methoxy groups -OCH3 is 1. The van der Waals surface area contributed by atoms with Gasteiger partial charge in [-0.1, -0.05) is 6.07 Å². The summed E-state index contributed by atoms with van der Waals surface area (Å²) in [6.45, 7) is 7.19. The molecule has 1 aliphatic heterocycles. The topological polar surface area (TPSA) is 108 Å². The van der Waals surface area contributed by atoms with Crippen LogP contribution in [-0.2, 0) is 9.59 Å². The Labute approximate surface area is 211 Å². The molecule has 1 unspecified atom stereocenters. The van der Waals surface area contributed by atoms with Crippen molar-refractivity contribution in [2.75, 3.05) is 42.3 Å². The second-order valence-corrected chi connectivity index (χ2v) is 8.96. The highest BCUT2D eigenvalue weighted by atomic mass is 16.5. The largest absolute Gasteiger partial charge is 0.497 e. The molecule has 2 heterocycles. The molecular formula is C27H32N6O3. The summed E-state index contributed by atoms with van der Waals surface area (Å²) in [4.78, 5) is 35.8. The molecule has 2 amide bonds. The van der Waals surface area contributed by atoms with Crippen LogP contribution in [0.25, 0.3) is 0 Å². The third-order valence-corrected chi connectivity index (χ3v) is 6.22. The second-order valence-electron chi connectivity index (χ2n) is 8.96. The van der Waals surface area contributed by atoms with Crippen molar-refractivity contribution in [3.63, 3.8) is 0 Å². The summed E-state index contributed by atoms with van der Waals surface area (Å²) < 4.78 is 5.19. The summed E-state index contributed by atoms with van der Waals surface area (Å²) in [5.74, 6) is 1.40. The number of benzene rings is 2. The predicted molar refractivity (Wildman–Crippen MR) is 141 cm³/mol. The Hall–Kier alpha value is -4.14. The van der Waals surface area contributed by atoms with Crippen molar-refractivity contribution in [3.05, 3.63) is 65.4 Å². The fraction of sp³-hybridized carbons (Fsp3) is 0.333. The summed E-state index contributed by atoms with van der Waals surface area (Å²) in [5, 5.41) is 9.34. The number of nitrogens with one attached hydrogen (secondary N) is 3. The van der Waals surface area contributed by atoms with E-state index in [4.69, 9.17) is 4.74 Å². The van der Waals surface area contributed by atoms with Gasteiger partial charge >= 0.3 is 0 Å². The normalized spacial score (nSPS) is 15.1.